The minimum Gasteiger partial charge on any atom is -0.466 e. The fourth-order valence-electron chi connectivity index (χ4n) is 2.70. The van der Waals surface area contributed by atoms with E-state index in [4.69, 9.17) is 14.2 Å². The lowest BCUT2D eigenvalue weighted by molar-refractivity contribution is -0.146. The Hall–Kier alpha value is -1.10. The molecule has 0 aromatic rings. The predicted molar refractivity (Wildman–Crippen MR) is 104 cm³/mol. The van der Waals surface area contributed by atoms with E-state index in [0.29, 0.717) is 31.5 Å². The van der Waals surface area contributed by atoms with Crippen LogP contribution in [0.5, 0.6) is 0 Å². The van der Waals surface area contributed by atoms with Gasteiger partial charge in [-0.1, -0.05) is 52.9 Å². The second-order valence-electron chi connectivity index (χ2n) is 7.44. The van der Waals surface area contributed by atoms with Gasteiger partial charge in [-0.15, -0.1) is 0 Å². The molecule has 0 saturated heterocycles. The SMILES string of the molecule is CCCCCCC(CCOC)CCOC(=O)CCCC(=O)OCC(C)C. The first-order chi connectivity index (χ1) is 12.5. The van der Waals surface area contributed by atoms with E-state index >= 15 is 0 Å². The molecule has 0 N–H and O–H groups in total. The van der Waals surface area contributed by atoms with Crippen LogP contribution in [0.4, 0.5) is 0 Å². The molecular weight excluding hydrogens is 332 g/mol. The minimum atomic E-state index is -0.238. The van der Waals surface area contributed by atoms with Crippen LogP contribution in [0.1, 0.15) is 85.0 Å². The molecule has 0 saturated carbocycles. The van der Waals surface area contributed by atoms with Crippen LogP contribution in [0, 0.1) is 11.8 Å². The molecule has 1 atom stereocenters. The minimum absolute atomic E-state index is 0.224. The molecule has 0 bridgehead atoms. The summed E-state index contributed by atoms with van der Waals surface area (Å²) >= 11 is 0. The van der Waals surface area contributed by atoms with Gasteiger partial charge in [-0.05, 0) is 31.1 Å². The number of hydrogen-bond acceptors (Lipinski definition) is 5. The molecule has 0 fully saturated rings. The average molecular weight is 373 g/mol. The summed E-state index contributed by atoms with van der Waals surface area (Å²) in [6, 6.07) is 0. The zero-order valence-electron chi connectivity index (χ0n) is 17.4. The highest BCUT2D eigenvalue weighted by molar-refractivity contribution is 5.72. The molecule has 5 nitrogen and oxygen atoms in total. The first kappa shape index (κ1) is 24.9. The topological polar surface area (TPSA) is 61.8 Å². The maximum atomic E-state index is 11.8. The van der Waals surface area contributed by atoms with Crippen molar-refractivity contribution in [3.05, 3.63) is 0 Å². The van der Waals surface area contributed by atoms with Crippen molar-refractivity contribution in [1.29, 1.82) is 0 Å². The zero-order chi connectivity index (χ0) is 19.6. The molecule has 0 aliphatic heterocycles. The number of hydrogen-bond donors (Lipinski definition) is 0. The lowest BCUT2D eigenvalue weighted by Gasteiger charge is -2.16. The van der Waals surface area contributed by atoms with Crippen molar-refractivity contribution < 1.29 is 23.8 Å². The van der Waals surface area contributed by atoms with Gasteiger partial charge in [0.25, 0.3) is 0 Å². The first-order valence-corrected chi connectivity index (χ1v) is 10.3. The van der Waals surface area contributed by atoms with E-state index in [9.17, 15) is 9.59 Å². The van der Waals surface area contributed by atoms with Gasteiger partial charge in [-0.25, -0.2) is 0 Å². The highest BCUT2D eigenvalue weighted by Crippen LogP contribution is 2.18. The third-order valence-corrected chi connectivity index (χ3v) is 4.32. The number of esters is 2. The highest BCUT2D eigenvalue weighted by Gasteiger charge is 2.11. The maximum absolute atomic E-state index is 11.8. The molecule has 0 aromatic heterocycles. The second-order valence-corrected chi connectivity index (χ2v) is 7.44. The van der Waals surface area contributed by atoms with Crippen LogP contribution < -0.4 is 0 Å². The Morgan fingerprint density at radius 1 is 0.808 bits per heavy atom. The van der Waals surface area contributed by atoms with Crippen molar-refractivity contribution >= 4 is 11.9 Å². The van der Waals surface area contributed by atoms with E-state index in [0.717, 1.165) is 19.4 Å². The van der Waals surface area contributed by atoms with Gasteiger partial charge in [0.05, 0.1) is 13.2 Å². The summed E-state index contributed by atoms with van der Waals surface area (Å²) in [5, 5.41) is 0. The third-order valence-electron chi connectivity index (χ3n) is 4.32. The van der Waals surface area contributed by atoms with Gasteiger partial charge in [-0.3, -0.25) is 9.59 Å². The second kappa shape index (κ2) is 17.3. The van der Waals surface area contributed by atoms with Crippen LogP contribution in [0.2, 0.25) is 0 Å². The molecular formula is C21H40O5. The number of carbonyl (C=O) groups excluding carboxylic acids is 2. The molecule has 0 spiro atoms. The quantitative estimate of drug-likeness (QED) is 0.268. The van der Waals surface area contributed by atoms with Crippen molar-refractivity contribution in [1.82, 2.24) is 0 Å². The summed E-state index contributed by atoms with van der Waals surface area (Å²) in [7, 11) is 1.72. The van der Waals surface area contributed by atoms with Crippen LogP contribution in [0.3, 0.4) is 0 Å². The van der Waals surface area contributed by atoms with Gasteiger partial charge in [0.1, 0.15) is 0 Å². The van der Waals surface area contributed by atoms with Crippen molar-refractivity contribution in [3.8, 4) is 0 Å². The highest BCUT2D eigenvalue weighted by atomic mass is 16.5. The van der Waals surface area contributed by atoms with Gasteiger partial charge in [0.2, 0.25) is 0 Å². The van der Waals surface area contributed by atoms with Gasteiger partial charge in [-0.2, -0.15) is 0 Å². The Morgan fingerprint density at radius 3 is 2.08 bits per heavy atom. The molecule has 26 heavy (non-hydrogen) atoms. The summed E-state index contributed by atoms with van der Waals surface area (Å²) in [5.41, 5.74) is 0. The van der Waals surface area contributed by atoms with Gasteiger partial charge >= 0.3 is 11.9 Å². The third kappa shape index (κ3) is 16.4. The normalized spacial score (nSPS) is 12.2. The van der Waals surface area contributed by atoms with E-state index in [1.54, 1.807) is 7.11 Å². The van der Waals surface area contributed by atoms with E-state index < -0.39 is 0 Å². The summed E-state index contributed by atoms with van der Waals surface area (Å²) in [6.07, 6.45) is 9.13. The molecule has 0 amide bonds. The molecule has 1 unspecified atom stereocenters. The van der Waals surface area contributed by atoms with E-state index in [1.165, 1.54) is 32.1 Å². The monoisotopic (exact) mass is 372 g/mol. The van der Waals surface area contributed by atoms with Crippen molar-refractivity contribution in [2.24, 2.45) is 11.8 Å². The first-order valence-electron chi connectivity index (χ1n) is 10.3. The fraction of sp³-hybridized carbons (Fsp3) is 0.905. The van der Waals surface area contributed by atoms with Crippen LogP contribution in [-0.2, 0) is 23.8 Å². The van der Waals surface area contributed by atoms with Gasteiger partial charge < -0.3 is 14.2 Å². The van der Waals surface area contributed by atoms with Crippen LogP contribution in [0.15, 0.2) is 0 Å². The smallest absolute Gasteiger partial charge is 0.305 e. The van der Waals surface area contributed by atoms with Crippen molar-refractivity contribution in [2.75, 3.05) is 26.9 Å². The van der Waals surface area contributed by atoms with Crippen molar-refractivity contribution in [3.63, 3.8) is 0 Å². The van der Waals surface area contributed by atoms with Gasteiger partial charge in [0, 0.05) is 26.6 Å². The standard InChI is InChI=1S/C21H40O5/c1-5-6-7-8-10-19(13-15-24-4)14-16-25-20(22)11-9-12-21(23)26-17-18(2)3/h18-19H,5-17H2,1-4H3. The Labute approximate surface area is 160 Å². The number of ether oxygens (including phenoxy) is 3. The number of rotatable bonds is 17. The summed E-state index contributed by atoms with van der Waals surface area (Å²) in [4.78, 5) is 23.3. The predicted octanol–water partition coefficient (Wildman–Crippen LogP) is 4.91. The summed E-state index contributed by atoms with van der Waals surface area (Å²) in [6.45, 7) is 7.85. The number of methoxy groups -OCH3 is 1. The summed E-state index contributed by atoms with van der Waals surface area (Å²) in [5.74, 6) is 0.416. The van der Waals surface area contributed by atoms with Gasteiger partial charge in [0.15, 0.2) is 0 Å². The molecule has 5 heteroatoms. The zero-order valence-corrected chi connectivity index (χ0v) is 17.4. The molecule has 0 aliphatic rings. The largest absolute Gasteiger partial charge is 0.466 e. The fourth-order valence-corrected chi connectivity index (χ4v) is 2.70. The lowest BCUT2D eigenvalue weighted by atomic mass is 9.95. The van der Waals surface area contributed by atoms with E-state index in [1.807, 2.05) is 13.8 Å². The Balaban J connectivity index is 3.83. The molecule has 0 aliphatic carbocycles. The van der Waals surface area contributed by atoms with Crippen LogP contribution >= 0.6 is 0 Å². The maximum Gasteiger partial charge on any atom is 0.305 e. The van der Waals surface area contributed by atoms with Crippen LogP contribution in [0.25, 0.3) is 0 Å². The van der Waals surface area contributed by atoms with Crippen molar-refractivity contribution in [2.45, 2.75) is 85.0 Å². The lowest BCUT2D eigenvalue weighted by Crippen LogP contribution is -2.13. The number of unbranched alkanes of at least 4 members (excludes halogenated alkanes) is 3. The van der Waals surface area contributed by atoms with E-state index in [2.05, 4.69) is 6.92 Å². The van der Waals surface area contributed by atoms with E-state index in [-0.39, 0.29) is 24.8 Å². The molecule has 154 valence electrons. The molecule has 0 radical (unpaired) electrons. The Kier molecular flexibility index (Phi) is 16.6. The molecule has 0 heterocycles. The molecule has 0 aromatic carbocycles. The Bertz CT molecular complexity index is 354. The molecule has 0 rings (SSSR count). The Morgan fingerprint density at radius 2 is 1.46 bits per heavy atom. The average Bonchev–Trinajstić information content (AvgIpc) is 2.60. The summed E-state index contributed by atoms with van der Waals surface area (Å²) < 4.78 is 15.6. The number of carbonyl (C=O) groups is 2. The van der Waals surface area contributed by atoms with Crippen LogP contribution in [-0.4, -0.2) is 38.9 Å².